The first kappa shape index (κ1) is 12.5. The highest BCUT2D eigenvalue weighted by Crippen LogP contribution is 2.25. The number of aromatic nitrogens is 4. The Morgan fingerprint density at radius 3 is 2.50 bits per heavy atom. The summed E-state index contributed by atoms with van der Waals surface area (Å²) in [7, 11) is 3.30. The molecular formula is C12H16N4O2. The fourth-order valence-corrected chi connectivity index (χ4v) is 1.75. The number of tetrazole rings is 1. The van der Waals surface area contributed by atoms with Gasteiger partial charge in [0.2, 0.25) is 0 Å². The van der Waals surface area contributed by atoms with Crippen molar-refractivity contribution in [3.63, 3.8) is 0 Å². The number of benzene rings is 1. The molecule has 2 aromatic rings. The van der Waals surface area contributed by atoms with Gasteiger partial charge in [-0.15, -0.1) is 10.2 Å². The zero-order valence-corrected chi connectivity index (χ0v) is 10.7. The zero-order valence-electron chi connectivity index (χ0n) is 10.7. The minimum Gasteiger partial charge on any atom is -0.497 e. The summed E-state index contributed by atoms with van der Waals surface area (Å²) < 4.78 is 5.08. The molecule has 6 heteroatoms. The van der Waals surface area contributed by atoms with Crippen molar-refractivity contribution in [2.45, 2.75) is 18.9 Å². The molecule has 1 atom stereocenters. The van der Waals surface area contributed by atoms with Crippen LogP contribution in [0.25, 0.3) is 0 Å². The van der Waals surface area contributed by atoms with Gasteiger partial charge < -0.3 is 9.84 Å². The van der Waals surface area contributed by atoms with Crippen molar-refractivity contribution in [3.8, 4) is 5.75 Å². The van der Waals surface area contributed by atoms with E-state index in [1.807, 2.05) is 24.3 Å². The molecule has 0 amide bonds. The van der Waals surface area contributed by atoms with Gasteiger partial charge in [0.25, 0.3) is 0 Å². The Bertz CT molecular complexity index is 519. The molecule has 1 unspecified atom stereocenters. The van der Waals surface area contributed by atoms with E-state index < -0.39 is 5.60 Å². The summed E-state index contributed by atoms with van der Waals surface area (Å²) >= 11 is 0. The molecule has 1 N–H and O–H groups in total. The highest BCUT2D eigenvalue weighted by Gasteiger charge is 2.25. The van der Waals surface area contributed by atoms with Crippen LogP contribution in [-0.4, -0.2) is 32.4 Å². The lowest BCUT2D eigenvalue weighted by Crippen LogP contribution is -2.25. The topological polar surface area (TPSA) is 73.1 Å². The average Bonchev–Trinajstić information content (AvgIpc) is 2.74. The standard InChI is InChI=1S/C12H16N4O2/c1-12(17,8-11-13-15-16(2)14-11)9-4-6-10(18-3)7-5-9/h4-7,17H,8H2,1-3H3. The molecule has 2 rings (SSSR count). The smallest absolute Gasteiger partial charge is 0.178 e. The summed E-state index contributed by atoms with van der Waals surface area (Å²) in [5, 5.41) is 22.1. The van der Waals surface area contributed by atoms with Gasteiger partial charge in [0.15, 0.2) is 5.82 Å². The lowest BCUT2D eigenvalue weighted by atomic mass is 9.92. The molecule has 0 fully saturated rings. The average molecular weight is 248 g/mol. The van der Waals surface area contributed by atoms with Gasteiger partial charge in [-0.3, -0.25) is 0 Å². The van der Waals surface area contributed by atoms with Crippen LogP contribution < -0.4 is 4.74 Å². The van der Waals surface area contributed by atoms with Gasteiger partial charge in [0.1, 0.15) is 5.75 Å². The molecule has 0 saturated heterocycles. The van der Waals surface area contributed by atoms with E-state index in [-0.39, 0.29) is 0 Å². The van der Waals surface area contributed by atoms with E-state index in [9.17, 15) is 5.11 Å². The van der Waals surface area contributed by atoms with Crippen LogP contribution in [0.15, 0.2) is 24.3 Å². The van der Waals surface area contributed by atoms with E-state index in [0.29, 0.717) is 12.2 Å². The summed E-state index contributed by atoms with van der Waals surface area (Å²) in [6.45, 7) is 1.73. The lowest BCUT2D eigenvalue weighted by Gasteiger charge is -2.22. The van der Waals surface area contributed by atoms with Crippen LogP contribution in [0.5, 0.6) is 5.75 Å². The number of aliphatic hydroxyl groups is 1. The normalized spacial score (nSPS) is 14.2. The van der Waals surface area contributed by atoms with Crippen LogP contribution in [0.4, 0.5) is 0 Å². The van der Waals surface area contributed by atoms with E-state index in [4.69, 9.17) is 4.74 Å². The van der Waals surface area contributed by atoms with Crippen molar-refractivity contribution in [3.05, 3.63) is 35.7 Å². The number of nitrogens with zero attached hydrogens (tertiary/aromatic N) is 4. The third-order valence-electron chi connectivity index (χ3n) is 2.76. The van der Waals surface area contributed by atoms with Gasteiger partial charge in [0.05, 0.1) is 19.8 Å². The SMILES string of the molecule is COc1ccc(C(C)(O)Cc2nnn(C)n2)cc1. The molecule has 0 saturated carbocycles. The fourth-order valence-electron chi connectivity index (χ4n) is 1.75. The van der Waals surface area contributed by atoms with Gasteiger partial charge in [-0.1, -0.05) is 12.1 Å². The maximum Gasteiger partial charge on any atom is 0.178 e. The van der Waals surface area contributed by atoms with Crippen LogP contribution in [0.3, 0.4) is 0 Å². The van der Waals surface area contributed by atoms with Gasteiger partial charge in [-0.2, -0.15) is 4.80 Å². The predicted molar refractivity (Wildman–Crippen MR) is 65.1 cm³/mol. The van der Waals surface area contributed by atoms with Crippen molar-refractivity contribution in [2.75, 3.05) is 7.11 Å². The summed E-state index contributed by atoms with van der Waals surface area (Å²) in [4.78, 5) is 1.37. The molecule has 0 radical (unpaired) electrons. The Morgan fingerprint density at radius 2 is 2.00 bits per heavy atom. The van der Waals surface area contributed by atoms with Gasteiger partial charge in [0, 0.05) is 6.42 Å². The third-order valence-corrected chi connectivity index (χ3v) is 2.76. The molecule has 6 nitrogen and oxygen atoms in total. The maximum atomic E-state index is 10.5. The Kier molecular flexibility index (Phi) is 3.29. The predicted octanol–water partition coefficient (Wildman–Crippen LogP) is 0.669. The molecule has 1 heterocycles. The van der Waals surface area contributed by atoms with Crippen LogP contribution in [0.2, 0.25) is 0 Å². The largest absolute Gasteiger partial charge is 0.497 e. The second-order valence-corrected chi connectivity index (χ2v) is 4.37. The fraction of sp³-hybridized carbons (Fsp3) is 0.417. The second kappa shape index (κ2) is 4.73. The number of aryl methyl sites for hydroxylation is 1. The molecule has 0 spiro atoms. The minimum absolute atomic E-state index is 0.313. The summed E-state index contributed by atoms with van der Waals surface area (Å²) in [5.41, 5.74) is -0.245. The van der Waals surface area contributed by atoms with Crippen LogP contribution in [-0.2, 0) is 19.1 Å². The second-order valence-electron chi connectivity index (χ2n) is 4.37. The van der Waals surface area contributed by atoms with E-state index in [1.54, 1.807) is 21.1 Å². The van der Waals surface area contributed by atoms with E-state index in [1.165, 1.54) is 4.80 Å². The molecule has 18 heavy (non-hydrogen) atoms. The quantitative estimate of drug-likeness (QED) is 0.860. The van der Waals surface area contributed by atoms with Crippen molar-refractivity contribution in [2.24, 2.45) is 7.05 Å². The highest BCUT2D eigenvalue weighted by atomic mass is 16.5. The van der Waals surface area contributed by atoms with Gasteiger partial charge >= 0.3 is 0 Å². The van der Waals surface area contributed by atoms with Crippen molar-refractivity contribution in [1.82, 2.24) is 20.2 Å². The third kappa shape index (κ3) is 2.65. The molecule has 1 aromatic carbocycles. The molecular weight excluding hydrogens is 232 g/mol. The number of hydrogen-bond donors (Lipinski definition) is 1. The Balaban J connectivity index is 2.18. The van der Waals surface area contributed by atoms with Gasteiger partial charge in [-0.05, 0) is 29.8 Å². The van der Waals surface area contributed by atoms with Crippen molar-refractivity contribution >= 4 is 0 Å². The minimum atomic E-state index is -1.03. The summed E-state index contributed by atoms with van der Waals surface area (Å²) in [5.74, 6) is 1.27. The molecule has 1 aromatic heterocycles. The van der Waals surface area contributed by atoms with Crippen molar-refractivity contribution < 1.29 is 9.84 Å². The Labute approximate surface area is 105 Å². The summed E-state index contributed by atoms with van der Waals surface area (Å²) in [6.07, 6.45) is 0.313. The first-order valence-corrected chi connectivity index (χ1v) is 5.61. The summed E-state index contributed by atoms with van der Waals surface area (Å²) in [6, 6.07) is 7.28. The number of hydrogen-bond acceptors (Lipinski definition) is 5. The Hall–Kier alpha value is -1.95. The molecule has 0 aliphatic rings. The first-order chi connectivity index (χ1) is 8.51. The van der Waals surface area contributed by atoms with Crippen LogP contribution >= 0.6 is 0 Å². The molecule has 0 bridgehead atoms. The highest BCUT2D eigenvalue weighted by molar-refractivity contribution is 5.30. The van der Waals surface area contributed by atoms with Crippen LogP contribution in [0.1, 0.15) is 18.3 Å². The molecule has 0 aliphatic carbocycles. The van der Waals surface area contributed by atoms with Crippen LogP contribution in [0, 0.1) is 0 Å². The molecule has 96 valence electrons. The molecule has 0 aliphatic heterocycles. The number of rotatable bonds is 4. The first-order valence-electron chi connectivity index (χ1n) is 5.61. The zero-order chi connectivity index (χ0) is 13.2. The van der Waals surface area contributed by atoms with E-state index in [2.05, 4.69) is 15.4 Å². The Morgan fingerprint density at radius 1 is 1.33 bits per heavy atom. The van der Waals surface area contributed by atoms with E-state index in [0.717, 1.165) is 11.3 Å². The van der Waals surface area contributed by atoms with E-state index >= 15 is 0 Å². The van der Waals surface area contributed by atoms with Crippen molar-refractivity contribution in [1.29, 1.82) is 0 Å². The lowest BCUT2D eigenvalue weighted by molar-refractivity contribution is 0.0553. The monoisotopic (exact) mass is 248 g/mol. The number of ether oxygens (including phenoxy) is 1. The van der Waals surface area contributed by atoms with Gasteiger partial charge in [-0.25, -0.2) is 0 Å². The maximum absolute atomic E-state index is 10.5. The number of methoxy groups -OCH3 is 1.